The van der Waals surface area contributed by atoms with Crippen LogP contribution in [0.1, 0.15) is 43.7 Å². The molecular weight excluding hydrogens is 302 g/mol. The number of ether oxygens (including phenoxy) is 1. The lowest BCUT2D eigenvalue weighted by Crippen LogP contribution is -2.47. The van der Waals surface area contributed by atoms with E-state index in [2.05, 4.69) is 22.5 Å². The van der Waals surface area contributed by atoms with Crippen LogP contribution in [-0.4, -0.2) is 37.9 Å². The van der Waals surface area contributed by atoms with E-state index in [1.807, 2.05) is 24.3 Å². The number of guanidine groups is 1. The molecule has 0 atom stereocenters. The summed E-state index contributed by atoms with van der Waals surface area (Å²) < 4.78 is 5.26. The van der Waals surface area contributed by atoms with Crippen LogP contribution < -0.4 is 10.6 Å². The van der Waals surface area contributed by atoms with Gasteiger partial charge >= 0.3 is 0 Å². The predicted octanol–water partition coefficient (Wildman–Crippen LogP) is 2.44. The average Bonchev–Trinajstić information content (AvgIpc) is 2.58. The maximum Gasteiger partial charge on any atom is 0.191 e. The van der Waals surface area contributed by atoms with Gasteiger partial charge in [0.1, 0.15) is 0 Å². The van der Waals surface area contributed by atoms with E-state index in [1.54, 1.807) is 7.11 Å². The van der Waals surface area contributed by atoms with Crippen molar-refractivity contribution in [1.29, 1.82) is 0 Å². The highest BCUT2D eigenvalue weighted by Crippen LogP contribution is 2.43. The first-order valence-electron chi connectivity index (χ1n) is 8.92. The molecule has 134 valence electrons. The van der Waals surface area contributed by atoms with Gasteiger partial charge in [-0.3, -0.25) is 0 Å². The number of aliphatic imine (C=N–C) groups is 1. The number of nitrogens with zero attached hydrogens (tertiary/aromatic N) is 1. The average molecular weight is 333 g/mol. The van der Waals surface area contributed by atoms with E-state index in [4.69, 9.17) is 4.74 Å². The van der Waals surface area contributed by atoms with Crippen LogP contribution in [0.5, 0.6) is 0 Å². The molecule has 0 aromatic heterocycles. The van der Waals surface area contributed by atoms with Crippen LogP contribution in [0.15, 0.2) is 29.3 Å². The molecule has 0 saturated heterocycles. The van der Waals surface area contributed by atoms with E-state index in [9.17, 15) is 5.11 Å². The number of benzene rings is 1. The first-order valence-corrected chi connectivity index (χ1v) is 8.92. The number of hydrogen-bond acceptors (Lipinski definition) is 3. The lowest BCUT2D eigenvalue weighted by atomic mass is 9.67. The zero-order valence-corrected chi connectivity index (χ0v) is 15.0. The summed E-state index contributed by atoms with van der Waals surface area (Å²) in [4.78, 5) is 4.69. The van der Waals surface area contributed by atoms with Crippen molar-refractivity contribution in [3.05, 3.63) is 35.4 Å². The molecule has 1 fully saturated rings. The monoisotopic (exact) mass is 333 g/mol. The maximum atomic E-state index is 9.43. The fourth-order valence-electron chi connectivity index (χ4n) is 3.15. The molecule has 0 unspecified atom stereocenters. The number of methoxy groups -OCH3 is 1. The van der Waals surface area contributed by atoms with Crippen LogP contribution in [0, 0.1) is 5.41 Å². The second kappa shape index (κ2) is 9.64. The van der Waals surface area contributed by atoms with Crippen LogP contribution in [-0.2, 0) is 17.9 Å². The van der Waals surface area contributed by atoms with Crippen molar-refractivity contribution in [3.8, 4) is 0 Å². The summed E-state index contributed by atoms with van der Waals surface area (Å²) >= 11 is 0. The topological polar surface area (TPSA) is 65.9 Å². The Bertz CT molecular complexity index is 527. The summed E-state index contributed by atoms with van der Waals surface area (Å²) in [6, 6.07) is 7.89. The molecule has 1 aliphatic rings. The Morgan fingerprint density at radius 3 is 2.58 bits per heavy atom. The van der Waals surface area contributed by atoms with Gasteiger partial charge in [-0.25, -0.2) is 4.99 Å². The number of aliphatic hydroxyl groups excluding tert-OH is 1. The van der Waals surface area contributed by atoms with Gasteiger partial charge < -0.3 is 20.5 Å². The summed E-state index contributed by atoms with van der Waals surface area (Å²) in [6.07, 6.45) is 4.93. The molecule has 3 N–H and O–H groups in total. The largest absolute Gasteiger partial charge is 0.392 e. The molecule has 0 aliphatic heterocycles. The second-order valence-corrected chi connectivity index (χ2v) is 6.57. The van der Waals surface area contributed by atoms with Crippen molar-refractivity contribution >= 4 is 5.96 Å². The van der Waals surface area contributed by atoms with Crippen molar-refractivity contribution in [2.24, 2.45) is 10.4 Å². The standard InChI is InChI=1S/C19H31N3O2/c1-3-20-18(21-13-16-7-4-5-8-17(16)14-23)22-15-19(9-6-10-19)11-12-24-2/h4-5,7-8,23H,3,6,9-15H2,1-2H3,(H2,20,21,22). The highest BCUT2D eigenvalue weighted by atomic mass is 16.5. The molecular formula is C19H31N3O2. The Hall–Kier alpha value is -1.59. The minimum Gasteiger partial charge on any atom is -0.392 e. The lowest BCUT2D eigenvalue weighted by molar-refractivity contribution is 0.0732. The zero-order chi connectivity index (χ0) is 17.3. The van der Waals surface area contributed by atoms with Gasteiger partial charge in [0.15, 0.2) is 5.96 Å². The van der Waals surface area contributed by atoms with E-state index in [1.165, 1.54) is 19.3 Å². The molecule has 1 aromatic rings. The van der Waals surface area contributed by atoms with Crippen molar-refractivity contribution in [3.63, 3.8) is 0 Å². The summed E-state index contributed by atoms with van der Waals surface area (Å²) in [5.41, 5.74) is 2.36. The van der Waals surface area contributed by atoms with Gasteiger partial charge in [0.25, 0.3) is 0 Å². The smallest absolute Gasteiger partial charge is 0.191 e. The highest BCUT2D eigenvalue weighted by molar-refractivity contribution is 5.79. The second-order valence-electron chi connectivity index (χ2n) is 6.57. The van der Waals surface area contributed by atoms with E-state index in [-0.39, 0.29) is 6.61 Å². The third kappa shape index (κ3) is 5.21. The quantitative estimate of drug-likeness (QED) is 0.480. The molecule has 1 aliphatic carbocycles. The van der Waals surface area contributed by atoms with Crippen molar-refractivity contribution in [2.75, 3.05) is 26.8 Å². The van der Waals surface area contributed by atoms with E-state index >= 15 is 0 Å². The van der Waals surface area contributed by atoms with Crippen molar-refractivity contribution in [1.82, 2.24) is 10.6 Å². The summed E-state index contributed by atoms with van der Waals surface area (Å²) in [7, 11) is 1.77. The fraction of sp³-hybridized carbons (Fsp3) is 0.632. The first kappa shape index (κ1) is 18.7. The minimum atomic E-state index is 0.0514. The maximum absolute atomic E-state index is 9.43. The Balaban J connectivity index is 1.95. The molecule has 1 saturated carbocycles. The Morgan fingerprint density at radius 2 is 2.00 bits per heavy atom. The van der Waals surface area contributed by atoms with Gasteiger partial charge in [-0.15, -0.1) is 0 Å². The molecule has 5 nitrogen and oxygen atoms in total. The summed E-state index contributed by atoms with van der Waals surface area (Å²) in [5, 5.41) is 16.2. The van der Waals surface area contributed by atoms with Crippen molar-refractivity contribution in [2.45, 2.75) is 45.8 Å². The fourth-order valence-corrected chi connectivity index (χ4v) is 3.15. The predicted molar refractivity (Wildman–Crippen MR) is 98.0 cm³/mol. The van der Waals surface area contributed by atoms with Gasteiger partial charge in [0.05, 0.1) is 13.2 Å². The van der Waals surface area contributed by atoms with Gasteiger partial charge in [-0.2, -0.15) is 0 Å². The molecule has 0 bridgehead atoms. The molecule has 24 heavy (non-hydrogen) atoms. The van der Waals surface area contributed by atoms with Crippen LogP contribution >= 0.6 is 0 Å². The number of aliphatic hydroxyl groups is 1. The molecule has 0 amide bonds. The Morgan fingerprint density at radius 1 is 1.25 bits per heavy atom. The Labute approximate surface area is 145 Å². The number of hydrogen-bond donors (Lipinski definition) is 3. The molecule has 0 radical (unpaired) electrons. The summed E-state index contributed by atoms with van der Waals surface area (Å²) in [5.74, 6) is 0.842. The SMILES string of the molecule is CCNC(=NCc1ccccc1CO)NCC1(CCOC)CCC1. The summed E-state index contributed by atoms with van der Waals surface area (Å²) in [6.45, 7) is 5.28. The molecule has 0 spiro atoms. The highest BCUT2D eigenvalue weighted by Gasteiger charge is 2.36. The van der Waals surface area contributed by atoms with Crippen LogP contribution in [0.2, 0.25) is 0 Å². The third-order valence-electron chi connectivity index (χ3n) is 4.92. The van der Waals surface area contributed by atoms with Gasteiger partial charge in [-0.1, -0.05) is 30.7 Å². The first-order chi connectivity index (χ1) is 11.7. The van der Waals surface area contributed by atoms with Crippen LogP contribution in [0.3, 0.4) is 0 Å². The van der Waals surface area contributed by atoms with E-state index in [0.29, 0.717) is 12.0 Å². The number of rotatable bonds is 9. The normalized spacial score (nSPS) is 16.5. The van der Waals surface area contributed by atoms with Gasteiger partial charge in [-0.05, 0) is 42.7 Å². The molecule has 1 aromatic carbocycles. The molecule has 0 heterocycles. The van der Waals surface area contributed by atoms with Crippen LogP contribution in [0.25, 0.3) is 0 Å². The zero-order valence-electron chi connectivity index (χ0n) is 15.0. The van der Waals surface area contributed by atoms with E-state index < -0.39 is 0 Å². The van der Waals surface area contributed by atoms with Crippen LogP contribution in [0.4, 0.5) is 0 Å². The molecule has 2 rings (SSSR count). The number of nitrogens with one attached hydrogen (secondary N) is 2. The van der Waals surface area contributed by atoms with Gasteiger partial charge in [0.2, 0.25) is 0 Å². The Kier molecular flexibility index (Phi) is 7.53. The van der Waals surface area contributed by atoms with E-state index in [0.717, 1.165) is 43.2 Å². The lowest BCUT2D eigenvalue weighted by Gasteiger charge is -2.42. The minimum absolute atomic E-state index is 0.0514. The third-order valence-corrected chi connectivity index (χ3v) is 4.92. The van der Waals surface area contributed by atoms with Crippen molar-refractivity contribution < 1.29 is 9.84 Å². The molecule has 5 heteroatoms. The van der Waals surface area contributed by atoms with Gasteiger partial charge in [0, 0.05) is 26.8 Å².